The molecule has 1 aromatic rings. The number of para-hydroxylation sites is 1. The number of urea groups is 1. The molecule has 14 nitrogen and oxygen atoms in total. The summed E-state index contributed by atoms with van der Waals surface area (Å²) in [6.45, 7) is 13.9. The van der Waals surface area contributed by atoms with Crippen LogP contribution in [0.1, 0.15) is 77.2 Å². The quantitative estimate of drug-likeness (QED) is 0.187. The molecule has 5 aliphatic rings. The second-order valence-corrected chi connectivity index (χ2v) is 15.2. The van der Waals surface area contributed by atoms with Crippen LogP contribution in [-0.2, 0) is 34.9 Å². The third-order valence-corrected chi connectivity index (χ3v) is 10.8. The number of amides is 5. The highest BCUT2D eigenvalue weighted by Gasteiger charge is 2.68. The maximum atomic E-state index is 13.8. The standard InChI is InChI=1S/C34H50BN5O9/c1-9-39-13-14-40(29(43)28(39)42)31(45)37-22(18-36)27(41)38-25(35-48-24-17-20-16-23(33(20,5)6)34(24,7)49-35)15-19-11-10-12-21(26(19)46-8)30(44)47-32(2,3)4/h10-12,20,22-25H,9,13-18,36H2,1-8H3,(H,37,45)(H,38,41)/t20-,22?,23-,24+,25?,34-/m0/s1. The summed E-state index contributed by atoms with van der Waals surface area (Å²) in [5, 5.41) is 5.50. The van der Waals surface area contributed by atoms with Crippen molar-refractivity contribution in [2.24, 2.45) is 23.0 Å². The number of ether oxygens (including phenoxy) is 2. The molecule has 5 amide bonds. The van der Waals surface area contributed by atoms with Gasteiger partial charge in [-0.2, -0.15) is 0 Å². The number of benzene rings is 1. The van der Waals surface area contributed by atoms with E-state index in [1.165, 1.54) is 12.0 Å². The molecule has 0 radical (unpaired) electrons. The SMILES string of the molecule is CCN1CCN(C(=O)NC(CN)C(=O)NC(Cc2cccc(C(=O)OC(C)(C)C)c2OC)B2O[C@@H]3C[C@@H]4C[C@@H](C4(C)C)[C@]3(C)O2)C(=O)C1=O. The molecule has 5 fully saturated rings. The summed E-state index contributed by atoms with van der Waals surface area (Å²) < 4.78 is 24.7. The highest BCUT2D eigenvalue weighted by molar-refractivity contribution is 6.48. The number of imide groups is 1. The van der Waals surface area contributed by atoms with Gasteiger partial charge in [0.05, 0.1) is 24.8 Å². The Morgan fingerprint density at radius 2 is 1.82 bits per heavy atom. The first-order valence-corrected chi connectivity index (χ1v) is 17.1. The van der Waals surface area contributed by atoms with Crippen LogP contribution in [0.4, 0.5) is 4.79 Å². The van der Waals surface area contributed by atoms with Crippen molar-refractivity contribution in [1.29, 1.82) is 0 Å². The van der Waals surface area contributed by atoms with Gasteiger partial charge in [-0.3, -0.25) is 19.3 Å². The van der Waals surface area contributed by atoms with E-state index in [4.69, 9.17) is 24.5 Å². The molecule has 3 aliphatic carbocycles. The van der Waals surface area contributed by atoms with Gasteiger partial charge in [0.25, 0.3) is 0 Å². The third-order valence-electron chi connectivity index (χ3n) is 10.8. The van der Waals surface area contributed by atoms with Gasteiger partial charge in [-0.15, -0.1) is 0 Å². The smallest absolute Gasteiger partial charge is 0.482 e. The van der Waals surface area contributed by atoms with Crippen molar-refractivity contribution in [2.75, 3.05) is 33.3 Å². The Hall–Kier alpha value is -3.69. The van der Waals surface area contributed by atoms with Gasteiger partial charge in [0, 0.05) is 26.2 Å². The fourth-order valence-electron chi connectivity index (χ4n) is 7.92. The lowest BCUT2D eigenvalue weighted by Gasteiger charge is -2.64. The summed E-state index contributed by atoms with van der Waals surface area (Å²) in [5.41, 5.74) is 5.57. The summed E-state index contributed by atoms with van der Waals surface area (Å²) in [6.07, 6.45) is 1.81. The van der Waals surface area contributed by atoms with E-state index in [1.54, 1.807) is 45.9 Å². The van der Waals surface area contributed by atoms with Crippen LogP contribution in [0.25, 0.3) is 0 Å². The Balaban J connectivity index is 1.40. The molecule has 2 saturated heterocycles. The van der Waals surface area contributed by atoms with Gasteiger partial charge in [-0.25, -0.2) is 9.59 Å². The second-order valence-electron chi connectivity index (χ2n) is 15.2. The fraction of sp³-hybridized carbons (Fsp3) is 0.676. The molecule has 268 valence electrons. The van der Waals surface area contributed by atoms with Crippen LogP contribution < -0.4 is 21.1 Å². The predicted octanol–water partition coefficient (Wildman–Crippen LogP) is 1.67. The lowest BCUT2D eigenvalue weighted by Crippen LogP contribution is -2.65. The Labute approximate surface area is 288 Å². The summed E-state index contributed by atoms with van der Waals surface area (Å²) in [6, 6.07) is 2.98. The summed E-state index contributed by atoms with van der Waals surface area (Å²) in [5.74, 6) is -2.69. The molecule has 2 aliphatic heterocycles. The molecule has 6 atom stereocenters. The average molecular weight is 684 g/mol. The van der Waals surface area contributed by atoms with Crippen LogP contribution in [0, 0.1) is 17.3 Å². The number of rotatable bonds is 10. The molecule has 1 aromatic carbocycles. The number of nitrogens with one attached hydrogen (secondary N) is 2. The van der Waals surface area contributed by atoms with E-state index < -0.39 is 60.0 Å². The summed E-state index contributed by atoms with van der Waals surface area (Å²) in [4.78, 5) is 67.3. The first-order chi connectivity index (χ1) is 22.9. The molecule has 0 spiro atoms. The lowest BCUT2D eigenvalue weighted by atomic mass is 9.43. The number of esters is 1. The van der Waals surface area contributed by atoms with Crippen molar-refractivity contribution in [1.82, 2.24) is 20.4 Å². The van der Waals surface area contributed by atoms with E-state index >= 15 is 0 Å². The van der Waals surface area contributed by atoms with Crippen LogP contribution in [-0.4, -0.2) is 109 Å². The number of methoxy groups -OCH3 is 1. The molecule has 2 heterocycles. The van der Waals surface area contributed by atoms with Gasteiger partial charge in [-0.1, -0.05) is 26.0 Å². The first kappa shape index (κ1) is 36.6. The monoisotopic (exact) mass is 683 g/mol. The normalized spacial score (nSPS) is 27.1. The number of likely N-dealkylation sites (N-methyl/N-ethyl adjacent to an activating group) is 1. The van der Waals surface area contributed by atoms with Crippen molar-refractivity contribution < 1.29 is 42.8 Å². The van der Waals surface area contributed by atoms with Crippen LogP contribution in [0.3, 0.4) is 0 Å². The molecule has 2 bridgehead atoms. The Kier molecular flexibility index (Phi) is 10.1. The van der Waals surface area contributed by atoms with Gasteiger partial charge in [0.1, 0.15) is 23.0 Å². The van der Waals surface area contributed by atoms with Crippen molar-refractivity contribution >= 4 is 36.8 Å². The minimum atomic E-state index is -1.25. The minimum absolute atomic E-state index is 0.0121. The highest BCUT2D eigenvalue weighted by Crippen LogP contribution is 2.65. The van der Waals surface area contributed by atoms with Crippen molar-refractivity contribution in [3.05, 3.63) is 29.3 Å². The van der Waals surface area contributed by atoms with Crippen LogP contribution in [0.5, 0.6) is 5.75 Å². The average Bonchev–Trinajstić information content (AvgIpc) is 3.40. The number of hydrogen-bond acceptors (Lipinski definition) is 10. The number of carbonyl (C=O) groups is 5. The van der Waals surface area contributed by atoms with Crippen LogP contribution >= 0.6 is 0 Å². The maximum Gasteiger partial charge on any atom is 0.482 e. The number of nitrogens with two attached hydrogens (primary N) is 1. The fourth-order valence-corrected chi connectivity index (χ4v) is 7.92. The summed E-state index contributed by atoms with van der Waals surface area (Å²) in [7, 11) is 0.583. The van der Waals surface area contributed by atoms with Gasteiger partial charge >= 0.3 is 30.9 Å². The molecule has 2 unspecified atom stereocenters. The molecule has 0 aromatic heterocycles. The van der Waals surface area contributed by atoms with E-state index in [2.05, 4.69) is 31.4 Å². The number of piperazine rings is 1. The Morgan fingerprint density at radius 3 is 2.43 bits per heavy atom. The Bertz CT molecular complexity index is 1500. The Morgan fingerprint density at radius 1 is 1.10 bits per heavy atom. The van der Waals surface area contributed by atoms with Gasteiger partial charge in [0.15, 0.2) is 0 Å². The zero-order valence-electron chi connectivity index (χ0n) is 29.8. The summed E-state index contributed by atoms with van der Waals surface area (Å²) >= 11 is 0. The van der Waals surface area contributed by atoms with E-state index in [0.29, 0.717) is 23.8 Å². The van der Waals surface area contributed by atoms with Crippen molar-refractivity contribution in [2.45, 2.75) is 97.0 Å². The zero-order valence-corrected chi connectivity index (χ0v) is 29.8. The first-order valence-electron chi connectivity index (χ1n) is 17.1. The van der Waals surface area contributed by atoms with E-state index in [0.717, 1.165) is 17.7 Å². The van der Waals surface area contributed by atoms with Gasteiger partial charge < -0.3 is 40.0 Å². The number of hydrogen-bond donors (Lipinski definition) is 3. The third kappa shape index (κ3) is 6.89. The predicted molar refractivity (Wildman–Crippen MR) is 179 cm³/mol. The van der Waals surface area contributed by atoms with Crippen molar-refractivity contribution in [3.8, 4) is 5.75 Å². The maximum absolute atomic E-state index is 13.8. The largest absolute Gasteiger partial charge is 0.496 e. The van der Waals surface area contributed by atoms with Gasteiger partial charge in [0.2, 0.25) is 5.91 Å². The van der Waals surface area contributed by atoms with Crippen molar-refractivity contribution in [3.63, 3.8) is 0 Å². The zero-order chi connectivity index (χ0) is 36.1. The molecular weight excluding hydrogens is 633 g/mol. The van der Waals surface area contributed by atoms with Gasteiger partial charge in [-0.05, 0) is 82.8 Å². The molecule has 3 saturated carbocycles. The van der Waals surface area contributed by atoms with Crippen LogP contribution in [0.15, 0.2) is 18.2 Å². The lowest BCUT2D eigenvalue weighted by molar-refractivity contribution is -0.199. The molecular formula is C34H50BN5O9. The molecule has 4 N–H and O–H groups in total. The number of carbonyl (C=O) groups excluding carboxylic acids is 5. The molecule has 15 heteroatoms. The number of nitrogens with zero attached hydrogens (tertiary/aromatic N) is 2. The minimum Gasteiger partial charge on any atom is -0.496 e. The highest BCUT2D eigenvalue weighted by atomic mass is 16.7. The topological polar surface area (TPSA) is 179 Å². The second kappa shape index (κ2) is 13.6. The van der Waals surface area contributed by atoms with Crippen LogP contribution in [0.2, 0.25) is 0 Å². The van der Waals surface area contributed by atoms with E-state index in [9.17, 15) is 24.0 Å². The molecule has 6 rings (SSSR count). The van der Waals surface area contributed by atoms with E-state index in [-0.39, 0.29) is 49.1 Å². The van der Waals surface area contributed by atoms with E-state index in [1.807, 2.05) is 0 Å². The molecule has 49 heavy (non-hydrogen) atoms.